The maximum Gasteiger partial charge on any atom is 0.322 e. The average Bonchev–Trinajstić information content (AvgIpc) is 3.20. The maximum atomic E-state index is 12.1. The first-order chi connectivity index (χ1) is 12.0. The SMILES string of the molecule is CCNC(=NCc1nccs1)N1CCC(C2(C)NC(=O)NC2=O)CC1.I. The van der Waals surface area contributed by atoms with Crippen molar-refractivity contribution in [2.45, 2.75) is 38.8 Å². The highest BCUT2D eigenvalue weighted by molar-refractivity contribution is 14.0. The molecule has 8 nitrogen and oxygen atoms in total. The van der Waals surface area contributed by atoms with E-state index in [9.17, 15) is 9.59 Å². The molecule has 1 aromatic rings. The number of carbonyl (C=O) groups excluding carboxylic acids is 2. The second kappa shape index (κ2) is 8.98. The molecule has 2 aliphatic rings. The van der Waals surface area contributed by atoms with Crippen LogP contribution in [-0.4, -0.2) is 53.0 Å². The van der Waals surface area contributed by atoms with Crippen LogP contribution >= 0.6 is 35.3 Å². The van der Waals surface area contributed by atoms with E-state index in [4.69, 9.17) is 0 Å². The van der Waals surface area contributed by atoms with Gasteiger partial charge in [0, 0.05) is 31.2 Å². The number of piperidine rings is 1. The summed E-state index contributed by atoms with van der Waals surface area (Å²) in [7, 11) is 0. The Kier molecular flexibility index (Phi) is 7.21. The Morgan fingerprint density at radius 2 is 2.19 bits per heavy atom. The zero-order valence-electron chi connectivity index (χ0n) is 14.9. The first-order valence-electron chi connectivity index (χ1n) is 8.58. The Balaban J connectivity index is 0.00000243. The quantitative estimate of drug-likeness (QED) is 0.257. The highest BCUT2D eigenvalue weighted by atomic mass is 127. The minimum absolute atomic E-state index is 0. The van der Waals surface area contributed by atoms with Crippen LogP contribution in [0.25, 0.3) is 0 Å². The zero-order chi connectivity index (χ0) is 17.9. The van der Waals surface area contributed by atoms with Crippen LogP contribution in [0.4, 0.5) is 4.79 Å². The van der Waals surface area contributed by atoms with E-state index in [-0.39, 0.29) is 35.8 Å². The van der Waals surface area contributed by atoms with Crippen molar-refractivity contribution >= 4 is 53.2 Å². The highest BCUT2D eigenvalue weighted by Gasteiger charge is 2.48. The predicted octanol–water partition coefficient (Wildman–Crippen LogP) is 1.54. The number of halogens is 1. The molecule has 0 spiro atoms. The Morgan fingerprint density at radius 1 is 1.46 bits per heavy atom. The van der Waals surface area contributed by atoms with Gasteiger partial charge in [0.1, 0.15) is 10.5 Å². The maximum absolute atomic E-state index is 12.1. The van der Waals surface area contributed by atoms with E-state index in [0.717, 1.165) is 43.4 Å². The van der Waals surface area contributed by atoms with E-state index in [0.29, 0.717) is 6.54 Å². The van der Waals surface area contributed by atoms with E-state index < -0.39 is 11.6 Å². The molecule has 1 unspecified atom stereocenters. The predicted molar refractivity (Wildman–Crippen MR) is 112 cm³/mol. The van der Waals surface area contributed by atoms with Crippen LogP contribution < -0.4 is 16.0 Å². The van der Waals surface area contributed by atoms with Crippen LogP contribution in [0.1, 0.15) is 31.7 Å². The molecule has 10 heteroatoms. The number of thiazole rings is 1. The lowest BCUT2D eigenvalue weighted by Crippen LogP contribution is -2.55. The molecule has 0 aliphatic carbocycles. The fourth-order valence-electron chi connectivity index (χ4n) is 3.41. The number of aliphatic imine (C=N–C) groups is 1. The van der Waals surface area contributed by atoms with E-state index >= 15 is 0 Å². The lowest BCUT2D eigenvalue weighted by Gasteiger charge is -2.39. The van der Waals surface area contributed by atoms with E-state index in [1.165, 1.54) is 0 Å². The van der Waals surface area contributed by atoms with Gasteiger partial charge < -0.3 is 15.5 Å². The molecule has 3 rings (SSSR count). The molecule has 3 N–H and O–H groups in total. The van der Waals surface area contributed by atoms with Crippen LogP contribution in [0.2, 0.25) is 0 Å². The zero-order valence-corrected chi connectivity index (χ0v) is 18.1. The van der Waals surface area contributed by atoms with Crippen molar-refractivity contribution in [3.05, 3.63) is 16.6 Å². The first kappa shape index (κ1) is 20.9. The largest absolute Gasteiger partial charge is 0.357 e. The lowest BCUT2D eigenvalue weighted by atomic mass is 9.79. The molecule has 1 aromatic heterocycles. The van der Waals surface area contributed by atoms with E-state index in [2.05, 4.69) is 30.8 Å². The third-order valence-electron chi connectivity index (χ3n) is 4.87. The number of rotatable bonds is 4. The number of nitrogens with zero attached hydrogens (tertiary/aromatic N) is 3. The van der Waals surface area contributed by atoms with Gasteiger partial charge in [-0.15, -0.1) is 35.3 Å². The summed E-state index contributed by atoms with van der Waals surface area (Å²) >= 11 is 1.60. The van der Waals surface area contributed by atoms with Gasteiger partial charge in [0.25, 0.3) is 5.91 Å². The Bertz CT molecular complexity index is 660. The minimum Gasteiger partial charge on any atom is -0.357 e. The summed E-state index contributed by atoms with van der Waals surface area (Å²) in [5, 5.41) is 11.4. The minimum atomic E-state index is -0.806. The second-order valence-electron chi connectivity index (χ2n) is 6.47. The third kappa shape index (κ3) is 4.45. The number of guanidine groups is 1. The van der Waals surface area contributed by atoms with E-state index in [1.54, 1.807) is 17.5 Å². The monoisotopic (exact) mass is 492 g/mol. The summed E-state index contributed by atoms with van der Waals surface area (Å²) in [4.78, 5) is 34.7. The number of imide groups is 1. The molecular weight excluding hydrogens is 467 g/mol. The van der Waals surface area contributed by atoms with Crippen molar-refractivity contribution in [3.8, 4) is 0 Å². The van der Waals surface area contributed by atoms with Crippen molar-refractivity contribution in [3.63, 3.8) is 0 Å². The molecule has 2 fully saturated rings. The summed E-state index contributed by atoms with van der Waals surface area (Å²) in [5.41, 5.74) is -0.806. The number of aromatic nitrogens is 1. The number of carbonyl (C=O) groups is 2. The van der Waals surface area contributed by atoms with Crippen molar-refractivity contribution in [2.75, 3.05) is 19.6 Å². The fraction of sp³-hybridized carbons (Fsp3) is 0.625. The van der Waals surface area contributed by atoms with Gasteiger partial charge in [-0.3, -0.25) is 10.1 Å². The van der Waals surface area contributed by atoms with Crippen LogP contribution in [-0.2, 0) is 11.3 Å². The molecule has 0 radical (unpaired) electrons. The van der Waals surface area contributed by atoms with Crippen molar-refractivity contribution in [2.24, 2.45) is 10.9 Å². The summed E-state index contributed by atoms with van der Waals surface area (Å²) in [6.45, 7) is 6.82. The smallest absolute Gasteiger partial charge is 0.322 e. The molecule has 0 bridgehead atoms. The number of amides is 3. The molecule has 0 aromatic carbocycles. The van der Waals surface area contributed by atoms with Crippen molar-refractivity contribution < 1.29 is 9.59 Å². The number of nitrogens with one attached hydrogen (secondary N) is 3. The van der Waals surface area contributed by atoms with Gasteiger partial charge in [0.05, 0.1) is 6.54 Å². The molecule has 1 atom stereocenters. The molecule has 144 valence electrons. The molecule has 2 saturated heterocycles. The van der Waals surface area contributed by atoms with E-state index in [1.807, 2.05) is 19.2 Å². The van der Waals surface area contributed by atoms with Gasteiger partial charge >= 0.3 is 6.03 Å². The molecular formula is C16H25IN6O2S. The van der Waals surface area contributed by atoms with Gasteiger partial charge in [-0.1, -0.05) is 0 Å². The van der Waals surface area contributed by atoms with Gasteiger partial charge in [-0.2, -0.15) is 0 Å². The normalized spacial score (nSPS) is 24.1. The summed E-state index contributed by atoms with van der Waals surface area (Å²) < 4.78 is 0. The summed E-state index contributed by atoms with van der Waals surface area (Å²) in [5.74, 6) is 0.776. The molecule has 3 heterocycles. The molecule has 3 amide bonds. The van der Waals surface area contributed by atoms with Crippen LogP contribution in [0.3, 0.4) is 0 Å². The Morgan fingerprint density at radius 3 is 2.73 bits per heavy atom. The first-order valence-corrected chi connectivity index (χ1v) is 9.46. The standard InChI is InChI=1S/C16H24N6O2S.HI/c1-3-17-14(19-10-12-18-6-9-25-12)22-7-4-11(5-8-22)16(2)13(23)20-15(24)21-16;/h6,9,11H,3-5,7-8,10H2,1-2H3,(H,17,19)(H2,20,21,23,24);1H. The van der Waals surface area contributed by atoms with Gasteiger partial charge in [0.2, 0.25) is 0 Å². The topological polar surface area (TPSA) is 98.7 Å². The fourth-order valence-corrected chi connectivity index (χ4v) is 3.95. The number of hydrogen-bond donors (Lipinski definition) is 3. The van der Waals surface area contributed by atoms with Crippen LogP contribution in [0.5, 0.6) is 0 Å². The summed E-state index contributed by atoms with van der Waals surface area (Å²) in [6.07, 6.45) is 3.44. The van der Waals surface area contributed by atoms with Crippen molar-refractivity contribution in [1.82, 2.24) is 25.8 Å². The summed E-state index contributed by atoms with van der Waals surface area (Å²) in [6, 6.07) is -0.395. The third-order valence-corrected chi connectivity index (χ3v) is 5.63. The van der Waals surface area contributed by atoms with Gasteiger partial charge in [-0.25, -0.2) is 14.8 Å². The molecule has 0 saturated carbocycles. The van der Waals surface area contributed by atoms with Gasteiger partial charge in [0.15, 0.2) is 5.96 Å². The van der Waals surface area contributed by atoms with Gasteiger partial charge in [-0.05, 0) is 32.6 Å². The highest BCUT2D eigenvalue weighted by Crippen LogP contribution is 2.30. The second-order valence-corrected chi connectivity index (χ2v) is 7.45. The molecule has 26 heavy (non-hydrogen) atoms. The molecule has 2 aliphatic heterocycles. The Hall–Kier alpha value is -1.43. The average molecular weight is 492 g/mol. The lowest BCUT2D eigenvalue weighted by molar-refractivity contribution is -0.125. The van der Waals surface area contributed by atoms with Crippen LogP contribution in [0.15, 0.2) is 16.6 Å². The van der Waals surface area contributed by atoms with Crippen LogP contribution in [0, 0.1) is 5.92 Å². The van der Waals surface area contributed by atoms with Crippen molar-refractivity contribution in [1.29, 1.82) is 0 Å². The number of hydrogen-bond acceptors (Lipinski definition) is 5. The Labute approximate surface area is 174 Å². The number of urea groups is 1. The number of likely N-dealkylation sites (tertiary alicyclic amines) is 1.